The summed E-state index contributed by atoms with van der Waals surface area (Å²) >= 11 is 0. The van der Waals surface area contributed by atoms with Gasteiger partial charge in [-0.1, -0.05) is 36.4 Å². The van der Waals surface area contributed by atoms with Gasteiger partial charge in [-0.05, 0) is 57.7 Å². The maximum atomic E-state index is 12.0. The highest BCUT2D eigenvalue weighted by atomic mass is 16.3. The van der Waals surface area contributed by atoms with Gasteiger partial charge in [0.25, 0.3) is 0 Å². The Kier molecular flexibility index (Phi) is 8.64. The molecule has 0 aliphatic carbocycles. The fraction of sp³-hybridized carbons (Fsp3) is 0.217. The Morgan fingerprint density at radius 1 is 0.621 bits per heavy atom. The van der Waals surface area contributed by atoms with Crippen molar-refractivity contribution in [3.63, 3.8) is 0 Å². The molecule has 0 atom stereocenters. The molecule has 0 aliphatic heterocycles. The molecule has 0 radical (unpaired) electrons. The second kappa shape index (κ2) is 11.2. The van der Waals surface area contributed by atoms with Crippen LogP contribution in [0.1, 0.15) is 39.8 Å². The van der Waals surface area contributed by atoms with E-state index in [-0.39, 0.29) is 44.4 Å². The first kappa shape index (κ1) is 22.4. The van der Waals surface area contributed by atoms with Gasteiger partial charge >= 0.3 is 0 Å². The van der Waals surface area contributed by atoms with Gasteiger partial charge in [-0.25, -0.2) is 0 Å². The number of hydrogen-bond acceptors (Lipinski definition) is 6. The molecule has 6 nitrogen and oxygen atoms in total. The highest BCUT2D eigenvalue weighted by molar-refractivity contribution is 6.10. The molecule has 0 aromatic heterocycles. The molecular formula is C23H24O6. The first-order valence-electron chi connectivity index (χ1n) is 9.09. The minimum Gasteiger partial charge on any atom is -0.392 e. The van der Waals surface area contributed by atoms with Crippen LogP contribution in [-0.4, -0.2) is 32.0 Å². The number of aliphatic hydroxyl groups excluding tert-OH is 4. The maximum absolute atomic E-state index is 12.0. The van der Waals surface area contributed by atoms with Crippen molar-refractivity contribution in [1.82, 2.24) is 0 Å². The van der Waals surface area contributed by atoms with E-state index in [0.29, 0.717) is 33.4 Å². The van der Waals surface area contributed by atoms with E-state index in [4.69, 9.17) is 0 Å². The summed E-state index contributed by atoms with van der Waals surface area (Å²) in [4.78, 5) is 24.0. The number of ketones is 2. The summed E-state index contributed by atoms with van der Waals surface area (Å²) in [6.07, 6.45) is 5.44. The zero-order chi connectivity index (χ0) is 21.2. The zero-order valence-corrected chi connectivity index (χ0v) is 15.9. The maximum Gasteiger partial charge on any atom is 0.163 e. The second-order valence-corrected chi connectivity index (χ2v) is 6.46. The van der Waals surface area contributed by atoms with E-state index in [2.05, 4.69) is 0 Å². The molecule has 29 heavy (non-hydrogen) atoms. The fourth-order valence-electron chi connectivity index (χ4n) is 2.77. The lowest BCUT2D eigenvalue weighted by Gasteiger charge is -2.05. The van der Waals surface area contributed by atoms with E-state index < -0.39 is 0 Å². The van der Waals surface area contributed by atoms with Gasteiger partial charge in [0.2, 0.25) is 0 Å². The lowest BCUT2D eigenvalue weighted by Crippen LogP contribution is -2.02. The third-order valence-electron chi connectivity index (χ3n) is 4.41. The van der Waals surface area contributed by atoms with Crippen molar-refractivity contribution in [2.45, 2.75) is 32.8 Å². The molecule has 6 heteroatoms. The molecule has 0 aliphatic rings. The molecule has 0 heterocycles. The van der Waals surface area contributed by atoms with Gasteiger partial charge in [-0.3, -0.25) is 9.59 Å². The van der Waals surface area contributed by atoms with E-state index in [1.54, 1.807) is 48.6 Å². The summed E-state index contributed by atoms with van der Waals surface area (Å²) < 4.78 is 0. The summed E-state index contributed by atoms with van der Waals surface area (Å²) in [5, 5.41) is 37.0. The van der Waals surface area contributed by atoms with Crippen molar-refractivity contribution in [2.75, 3.05) is 0 Å². The lowest BCUT2D eigenvalue weighted by molar-refractivity contribution is -0.121. The molecule has 2 rings (SSSR count). The van der Waals surface area contributed by atoms with Gasteiger partial charge in [-0.15, -0.1) is 0 Å². The molecule has 0 spiro atoms. The van der Waals surface area contributed by atoms with Gasteiger partial charge in [0.1, 0.15) is 0 Å². The van der Waals surface area contributed by atoms with Crippen LogP contribution in [0.4, 0.5) is 0 Å². The Morgan fingerprint density at radius 3 is 1.34 bits per heavy atom. The van der Waals surface area contributed by atoms with Crippen LogP contribution in [0.3, 0.4) is 0 Å². The van der Waals surface area contributed by atoms with Crippen LogP contribution >= 0.6 is 0 Å². The number of aliphatic hydroxyl groups is 4. The summed E-state index contributed by atoms with van der Waals surface area (Å²) in [6, 6.07) is 10.1. The standard InChI is InChI=1S/C23H24O6/c24-12-18-5-1-16(9-20(18)14-26)3-7-22(28)11-23(29)8-4-17-2-6-19(13-25)21(10-17)15-27/h1-10,24-27H,11-15H2/b7-3+,8-4+. The van der Waals surface area contributed by atoms with E-state index in [1.807, 2.05) is 0 Å². The molecule has 0 unspecified atom stereocenters. The Hall–Kier alpha value is -2.90. The fourth-order valence-corrected chi connectivity index (χ4v) is 2.77. The summed E-state index contributed by atoms with van der Waals surface area (Å²) in [6.45, 7) is -0.789. The molecule has 0 bridgehead atoms. The smallest absolute Gasteiger partial charge is 0.163 e. The van der Waals surface area contributed by atoms with Crippen molar-refractivity contribution in [3.8, 4) is 0 Å². The van der Waals surface area contributed by atoms with E-state index in [0.717, 1.165) is 0 Å². The molecule has 0 fully saturated rings. The van der Waals surface area contributed by atoms with E-state index >= 15 is 0 Å². The van der Waals surface area contributed by atoms with E-state index in [1.165, 1.54) is 12.2 Å². The quantitative estimate of drug-likeness (QED) is 0.360. The van der Waals surface area contributed by atoms with Crippen molar-refractivity contribution < 1.29 is 30.0 Å². The molecule has 4 N–H and O–H groups in total. The van der Waals surface area contributed by atoms with Crippen LogP contribution in [0.15, 0.2) is 48.6 Å². The summed E-state index contributed by atoms with van der Waals surface area (Å²) in [7, 11) is 0. The average Bonchev–Trinajstić information content (AvgIpc) is 2.75. The van der Waals surface area contributed by atoms with Crippen LogP contribution in [0.5, 0.6) is 0 Å². The molecule has 152 valence electrons. The van der Waals surface area contributed by atoms with Crippen LogP contribution in [-0.2, 0) is 36.0 Å². The number of allylic oxidation sites excluding steroid dienone is 2. The van der Waals surface area contributed by atoms with Gasteiger partial charge in [0.05, 0.1) is 32.8 Å². The minimum absolute atomic E-state index is 0.178. The summed E-state index contributed by atoms with van der Waals surface area (Å²) in [5.41, 5.74) is 3.76. The molecule has 0 saturated carbocycles. The monoisotopic (exact) mass is 396 g/mol. The number of carbonyl (C=O) groups excluding carboxylic acids is 2. The zero-order valence-electron chi connectivity index (χ0n) is 15.9. The van der Waals surface area contributed by atoms with Gasteiger partial charge in [0, 0.05) is 0 Å². The van der Waals surface area contributed by atoms with Crippen LogP contribution in [0.2, 0.25) is 0 Å². The third kappa shape index (κ3) is 6.58. The third-order valence-corrected chi connectivity index (χ3v) is 4.41. The Labute approximate surface area is 169 Å². The lowest BCUT2D eigenvalue weighted by atomic mass is 10.0. The molecule has 2 aromatic carbocycles. The predicted molar refractivity (Wildman–Crippen MR) is 109 cm³/mol. The van der Waals surface area contributed by atoms with Crippen molar-refractivity contribution in [3.05, 3.63) is 81.9 Å². The molecular weight excluding hydrogens is 372 g/mol. The first-order valence-corrected chi connectivity index (χ1v) is 9.09. The first-order chi connectivity index (χ1) is 14.0. The van der Waals surface area contributed by atoms with Crippen molar-refractivity contribution in [2.24, 2.45) is 0 Å². The Morgan fingerprint density at radius 2 is 1.00 bits per heavy atom. The predicted octanol–water partition coefficient (Wildman–Crippen LogP) is 1.91. The molecule has 2 aromatic rings. The van der Waals surface area contributed by atoms with Crippen LogP contribution in [0, 0.1) is 0 Å². The number of benzene rings is 2. The van der Waals surface area contributed by atoms with Crippen LogP contribution < -0.4 is 0 Å². The molecule has 0 amide bonds. The topological polar surface area (TPSA) is 115 Å². The highest BCUT2D eigenvalue weighted by Gasteiger charge is 2.06. The largest absolute Gasteiger partial charge is 0.392 e. The van der Waals surface area contributed by atoms with Crippen molar-refractivity contribution in [1.29, 1.82) is 0 Å². The van der Waals surface area contributed by atoms with Gasteiger partial charge in [0.15, 0.2) is 11.6 Å². The van der Waals surface area contributed by atoms with Gasteiger partial charge in [-0.2, -0.15) is 0 Å². The number of hydrogen-bond donors (Lipinski definition) is 4. The average molecular weight is 396 g/mol. The SMILES string of the molecule is O=C(/C=C/c1ccc(CO)c(CO)c1)CC(=O)/C=C/c1ccc(CO)c(CO)c1. The molecule has 0 saturated heterocycles. The van der Waals surface area contributed by atoms with Crippen molar-refractivity contribution >= 4 is 23.7 Å². The normalized spacial score (nSPS) is 11.4. The van der Waals surface area contributed by atoms with E-state index in [9.17, 15) is 30.0 Å². The number of rotatable bonds is 10. The number of carbonyl (C=O) groups is 2. The Bertz CT molecular complexity index is 851. The second-order valence-electron chi connectivity index (χ2n) is 6.46. The Balaban J connectivity index is 1.97. The van der Waals surface area contributed by atoms with Gasteiger partial charge < -0.3 is 20.4 Å². The minimum atomic E-state index is -0.358. The van der Waals surface area contributed by atoms with Crippen LogP contribution in [0.25, 0.3) is 12.2 Å². The highest BCUT2D eigenvalue weighted by Crippen LogP contribution is 2.15. The summed E-state index contributed by atoms with van der Waals surface area (Å²) in [5.74, 6) is -0.716.